The lowest BCUT2D eigenvalue weighted by Crippen LogP contribution is -2.29. The third kappa shape index (κ3) is 4.45. The molecular formula is C25H23FN4O3. The molecule has 0 aliphatic rings. The zero-order valence-electron chi connectivity index (χ0n) is 18.6. The number of nitrogens with one attached hydrogen (secondary N) is 1. The number of rotatable bonds is 6. The summed E-state index contributed by atoms with van der Waals surface area (Å²) >= 11 is 0. The molecule has 1 N–H and O–H groups in total. The highest BCUT2D eigenvalue weighted by Crippen LogP contribution is 2.23. The van der Waals surface area contributed by atoms with E-state index in [0.29, 0.717) is 23.2 Å². The lowest BCUT2D eigenvalue weighted by atomic mass is 10.1. The Bertz CT molecular complexity index is 1420. The number of anilines is 1. The molecule has 0 saturated heterocycles. The Labute approximate surface area is 189 Å². The van der Waals surface area contributed by atoms with Crippen LogP contribution >= 0.6 is 0 Å². The van der Waals surface area contributed by atoms with Crippen molar-refractivity contribution in [3.63, 3.8) is 0 Å². The molecule has 8 heteroatoms. The van der Waals surface area contributed by atoms with E-state index >= 15 is 0 Å². The molecule has 168 valence electrons. The first-order valence-electron chi connectivity index (χ1n) is 10.5. The van der Waals surface area contributed by atoms with Gasteiger partial charge in [0.2, 0.25) is 5.91 Å². The van der Waals surface area contributed by atoms with E-state index < -0.39 is 5.91 Å². The summed E-state index contributed by atoms with van der Waals surface area (Å²) in [7, 11) is 0. The summed E-state index contributed by atoms with van der Waals surface area (Å²) in [6.45, 7) is 5.47. The van der Waals surface area contributed by atoms with Gasteiger partial charge in [-0.2, -0.15) is 5.10 Å². The fourth-order valence-electron chi connectivity index (χ4n) is 3.89. The van der Waals surface area contributed by atoms with Crippen molar-refractivity contribution in [2.24, 2.45) is 0 Å². The van der Waals surface area contributed by atoms with Gasteiger partial charge in [-0.15, -0.1) is 0 Å². The molecule has 0 unspecified atom stereocenters. The Morgan fingerprint density at radius 2 is 1.67 bits per heavy atom. The first kappa shape index (κ1) is 22.1. The van der Waals surface area contributed by atoms with Crippen molar-refractivity contribution in [2.75, 3.05) is 5.32 Å². The number of amides is 1. The molecule has 0 bridgehead atoms. The molecule has 0 aliphatic carbocycles. The minimum atomic E-state index is -0.403. The fraction of sp³-hybridized carbons (Fsp3) is 0.200. The highest BCUT2D eigenvalue weighted by Gasteiger charge is 2.17. The van der Waals surface area contributed by atoms with Gasteiger partial charge in [-0.05, 0) is 62.7 Å². The van der Waals surface area contributed by atoms with Crippen LogP contribution in [0.15, 0.2) is 59.5 Å². The van der Waals surface area contributed by atoms with Gasteiger partial charge in [0, 0.05) is 34.6 Å². The SMILES string of the molecule is CC(=O)c1ccc(NC(=O)Cn2ncc3c(C)n(Cc4ccc(F)cc4)c(C)c3c2=O)cc1. The Morgan fingerprint density at radius 3 is 2.30 bits per heavy atom. The summed E-state index contributed by atoms with van der Waals surface area (Å²) in [6.07, 6.45) is 1.59. The van der Waals surface area contributed by atoms with Crippen LogP contribution in [0.1, 0.15) is 34.2 Å². The molecule has 0 radical (unpaired) electrons. The summed E-state index contributed by atoms with van der Waals surface area (Å²) in [5.41, 5.74) is 3.26. The summed E-state index contributed by atoms with van der Waals surface area (Å²) in [5, 5.41) is 8.13. The van der Waals surface area contributed by atoms with Gasteiger partial charge in [-0.3, -0.25) is 14.4 Å². The van der Waals surface area contributed by atoms with Crippen molar-refractivity contribution in [1.82, 2.24) is 14.3 Å². The van der Waals surface area contributed by atoms with Gasteiger partial charge in [-0.25, -0.2) is 9.07 Å². The maximum absolute atomic E-state index is 13.2. The van der Waals surface area contributed by atoms with Gasteiger partial charge in [0.15, 0.2) is 5.78 Å². The molecule has 2 heterocycles. The molecule has 1 amide bonds. The molecule has 0 atom stereocenters. The second kappa shape index (κ2) is 8.82. The molecule has 33 heavy (non-hydrogen) atoms. The average Bonchev–Trinajstić information content (AvgIpc) is 3.02. The number of hydrogen-bond acceptors (Lipinski definition) is 4. The van der Waals surface area contributed by atoms with Gasteiger partial charge < -0.3 is 9.88 Å². The van der Waals surface area contributed by atoms with Crippen molar-refractivity contribution >= 4 is 28.2 Å². The van der Waals surface area contributed by atoms with Crippen molar-refractivity contribution < 1.29 is 14.0 Å². The number of hydrogen-bond donors (Lipinski definition) is 1. The van der Waals surface area contributed by atoms with Gasteiger partial charge in [0.05, 0.1) is 11.6 Å². The van der Waals surface area contributed by atoms with Crippen LogP contribution in [-0.2, 0) is 17.9 Å². The number of Topliss-reactive ketones (excluding diaryl/α,β-unsaturated/α-hetero) is 1. The number of halogens is 1. The second-order valence-corrected chi connectivity index (χ2v) is 7.96. The molecule has 0 spiro atoms. The predicted molar refractivity (Wildman–Crippen MR) is 124 cm³/mol. The first-order valence-corrected chi connectivity index (χ1v) is 10.5. The third-order valence-corrected chi connectivity index (χ3v) is 5.73. The minimum Gasteiger partial charge on any atom is -0.343 e. The zero-order chi connectivity index (χ0) is 23.7. The topological polar surface area (TPSA) is 86.0 Å². The Balaban J connectivity index is 1.59. The quantitative estimate of drug-likeness (QED) is 0.456. The van der Waals surface area contributed by atoms with Crippen LogP contribution in [0.2, 0.25) is 0 Å². The molecule has 7 nitrogen and oxygen atoms in total. The van der Waals surface area contributed by atoms with Crippen molar-refractivity contribution in [3.05, 3.63) is 93.4 Å². The largest absolute Gasteiger partial charge is 0.343 e. The van der Waals surface area contributed by atoms with Crippen LogP contribution in [0.5, 0.6) is 0 Å². The summed E-state index contributed by atoms with van der Waals surface area (Å²) in [6, 6.07) is 12.8. The highest BCUT2D eigenvalue weighted by molar-refractivity contribution is 5.95. The van der Waals surface area contributed by atoms with Gasteiger partial charge >= 0.3 is 0 Å². The third-order valence-electron chi connectivity index (χ3n) is 5.73. The Hall–Kier alpha value is -4.07. The lowest BCUT2D eigenvalue weighted by Gasteiger charge is -2.09. The molecule has 0 aliphatic heterocycles. The minimum absolute atomic E-state index is 0.0611. The van der Waals surface area contributed by atoms with Gasteiger partial charge in [-0.1, -0.05) is 12.1 Å². The van der Waals surface area contributed by atoms with Crippen LogP contribution in [0, 0.1) is 19.7 Å². The number of nitrogens with zero attached hydrogens (tertiary/aromatic N) is 3. The number of carbonyl (C=O) groups is 2. The normalized spacial score (nSPS) is 11.0. The van der Waals surface area contributed by atoms with E-state index in [9.17, 15) is 18.8 Å². The summed E-state index contributed by atoms with van der Waals surface area (Å²) in [5.74, 6) is -0.765. The van der Waals surface area contributed by atoms with E-state index in [1.807, 2.05) is 18.4 Å². The maximum Gasteiger partial charge on any atom is 0.276 e. The smallest absolute Gasteiger partial charge is 0.276 e. The van der Waals surface area contributed by atoms with E-state index in [4.69, 9.17) is 0 Å². The molecule has 2 aromatic heterocycles. The fourth-order valence-corrected chi connectivity index (χ4v) is 3.89. The van der Waals surface area contributed by atoms with Crippen LogP contribution in [0.25, 0.3) is 10.8 Å². The molecule has 4 rings (SSSR count). The highest BCUT2D eigenvalue weighted by atomic mass is 19.1. The Morgan fingerprint density at radius 1 is 1.00 bits per heavy atom. The van der Waals surface area contributed by atoms with Crippen molar-refractivity contribution in [3.8, 4) is 0 Å². The molecule has 0 saturated carbocycles. The number of aryl methyl sites for hydroxylation is 2. The first-order chi connectivity index (χ1) is 15.7. The van der Waals surface area contributed by atoms with Crippen LogP contribution in [0.3, 0.4) is 0 Å². The van der Waals surface area contributed by atoms with Crippen LogP contribution in [0.4, 0.5) is 10.1 Å². The number of carbonyl (C=O) groups excluding carboxylic acids is 2. The monoisotopic (exact) mass is 446 g/mol. The van der Waals surface area contributed by atoms with Gasteiger partial charge in [0.1, 0.15) is 12.4 Å². The summed E-state index contributed by atoms with van der Waals surface area (Å²) in [4.78, 5) is 37.0. The zero-order valence-corrected chi connectivity index (χ0v) is 18.6. The standard InChI is InChI=1S/C25H23FN4O3/c1-15-22-12-27-30(14-23(32)28-21-10-6-19(7-11-21)17(3)31)25(33)24(22)16(2)29(15)13-18-4-8-20(26)9-5-18/h4-12H,13-14H2,1-3H3,(H,28,32). The molecular weight excluding hydrogens is 423 g/mol. The van der Waals surface area contributed by atoms with Crippen molar-refractivity contribution in [1.29, 1.82) is 0 Å². The number of aromatic nitrogens is 3. The lowest BCUT2D eigenvalue weighted by molar-refractivity contribution is -0.117. The predicted octanol–water partition coefficient (Wildman–Crippen LogP) is 3.84. The van der Waals surface area contributed by atoms with E-state index in [1.54, 1.807) is 42.6 Å². The molecule has 4 aromatic rings. The molecule has 0 fully saturated rings. The van der Waals surface area contributed by atoms with E-state index in [0.717, 1.165) is 27.0 Å². The van der Waals surface area contributed by atoms with E-state index in [1.165, 1.54) is 19.1 Å². The van der Waals surface area contributed by atoms with Crippen LogP contribution < -0.4 is 10.9 Å². The average molecular weight is 446 g/mol. The Kier molecular flexibility index (Phi) is 5.91. The van der Waals surface area contributed by atoms with E-state index in [2.05, 4.69) is 10.4 Å². The number of ketones is 1. The second-order valence-electron chi connectivity index (χ2n) is 7.96. The van der Waals surface area contributed by atoms with Crippen LogP contribution in [-0.4, -0.2) is 26.0 Å². The summed E-state index contributed by atoms with van der Waals surface area (Å²) < 4.78 is 16.4. The number of fused-ring (bicyclic) bond motifs is 1. The van der Waals surface area contributed by atoms with Crippen molar-refractivity contribution in [2.45, 2.75) is 33.9 Å². The number of benzene rings is 2. The molecule has 2 aromatic carbocycles. The van der Waals surface area contributed by atoms with Gasteiger partial charge in [0.25, 0.3) is 5.56 Å². The maximum atomic E-state index is 13.2. The van der Waals surface area contributed by atoms with E-state index in [-0.39, 0.29) is 23.7 Å².